The molecule has 18 aromatic rings. The van der Waals surface area contributed by atoms with Crippen LogP contribution in [0.1, 0.15) is 217 Å². The molecule has 0 fully saturated rings. The van der Waals surface area contributed by atoms with Gasteiger partial charge in [0, 0.05) is 125 Å². The van der Waals surface area contributed by atoms with Crippen molar-refractivity contribution in [2.75, 3.05) is 0 Å². The molecule has 32 bridgehead atoms. The van der Waals surface area contributed by atoms with Crippen molar-refractivity contribution in [3.8, 4) is 113 Å². The van der Waals surface area contributed by atoms with Crippen LogP contribution in [0.15, 0.2) is 300 Å². The van der Waals surface area contributed by atoms with Crippen LogP contribution in [0, 0.1) is 59.4 Å². The standard InChI is InChI=1S/C38H34N4.C34H28N6.C28H30N4.C24H20N2S2.4Pt/c1-37(2)29-21-13-19-27(23-29)28-20-14-22-30(24-28)38(3,4)36-40-32(34(42(36)6)26-17-11-8-12-18-26)31-33(41(5)35(37)39-31)25-15-9-7-10-16-25;1-33(2)25-15-23(17-35-19-25)24-16-26(20-36-18-24)34(3,4)32-38-30(22-40(32)28-13-9-6-10-14-28)29-21-39(31(33)37-29)27-11-7-5-8-12-27;1-25(2)15-19-20-16-26(3,4)24(32-20)28(7,8)22-14-18(10-12-30-22)17-9-11-29-21(13-17)27(5,6)23(25)31-19;1-23(2)17-9-5-7-15(11-17)16-8-6-10-18(12-16)24(3,4)22-26-20(14-28-22)19-13-27-21(23)25-19;;;;/h7-22H,1-6H3;5-14,17-22H,1-4H3;9-12,15-16H,1-8H3;5-10,13-14H,1-4H3;;;;/q4*-2;4*+2. The van der Waals surface area contributed by atoms with Crippen molar-refractivity contribution in [2.24, 2.45) is 34.9 Å². The number of benzene rings is 8. The molecule has 22 heteroatoms. The fourth-order valence-electron chi connectivity index (χ4n) is 21.0. The van der Waals surface area contributed by atoms with E-state index in [0.717, 1.165) is 213 Å². The zero-order chi connectivity index (χ0) is 99.3. The molecule has 0 radical (unpaired) electrons. The number of nitrogens with zero attached hydrogens (tertiary/aromatic N) is 16. The molecule has 0 unspecified atom stereocenters. The molecular weight excluding hydrogens is 2560 g/mol. The molecule has 10 aromatic heterocycles. The molecule has 0 N–H and O–H groups in total. The number of pyridine rings is 4. The first-order chi connectivity index (χ1) is 67.7. The van der Waals surface area contributed by atoms with Gasteiger partial charge in [-0.3, -0.25) is 31.1 Å². The molecule has 6 aliphatic heterocycles. The van der Waals surface area contributed by atoms with Gasteiger partial charge in [0.2, 0.25) is 0 Å². The van der Waals surface area contributed by atoms with Crippen LogP contribution >= 0.6 is 22.7 Å². The van der Waals surface area contributed by atoms with E-state index in [1.165, 1.54) is 0 Å². The number of hydrogen-bond acceptors (Lipinski definition) is 14. The Morgan fingerprint density at radius 1 is 0.274 bits per heavy atom. The Kier molecular flexibility index (Phi) is 28.6. The van der Waals surface area contributed by atoms with Crippen LogP contribution in [-0.2, 0) is 142 Å². The van der Waals surface area contributed by atoms with Crippen LogP contribution in [0.4, 0.5) is 0 Å². The van der Waals surface area contributed by atoms with Gasteiger partial charge < -0.3 is 28.2 Å². The van der Waals surface area contributed by atoms with Gasteiger partial charge in [-0.25, -0.2) is 87.6 Å². The molecule has 8 aromatic carbocycles. The quantitative estimate of drug-likeness (QED) is 0.154. The molecule has 6 aliphatic rings. The Morgan fingerprint density at radius 2 is 0.582 bits per heavy atom. The summed E-state index contributed by atoms with van der Waals surface area (Å²) in [6.07, 6.45) is 19.8. The number of aliphatic imine (C=N–C) groups is 2. The topological polar surface area (TPSA) is 173 Å². The minimum atomic E-state index is -0.518. The van der Waals surface area contributed by atoms with Crippen molar-refractivity contribution in [2.45, 2.75) is 182 Å². The molecule has 16 nitrogen and oxygen atoms in total. The maximum absolute atomic E-state index is 5.49. The third-order valence-electron chi connectivity index (χ3n) is 29.3. The predicted octanol–water partition coefficient (Wildman–Crippen LogP) is 27.7. The number of allylic oxidation sites excluding steroid dienone is 2. The fourth-order valence-corrected chi connectivity index (χ4v) is 22.9. The Morgan fingerprint density at radius 3 is 0.925 bits per heavy atom. The van der Waals surface area contributed by atoms with Gasteiger partial charge in [0.1, 0.15) is 67.5 Å². The summed E-state index contributed by atoms with van der Waals surface area (Å²) in [7, 11) is 4.26. The third kappa shape index (κ3) is 18.7. The van der Waals surface area contributed by atoms with Crippen molar-refractivity contribution in [3.63, 3.8) is 0 Å². The molecule has 0 spiro atoms. The smallest absolute Gasteiger partial charge is 0.369 e. The Balaban J connectivity index is 0.000000133. The summed E-state index contributed by atoms with van der Waals surface area (Å²) < 4.78 is 8.84. The van der Waals surface area contributed by atoms with Crippen LogP contribution in [0.2, 0.25) is 0 Å². The minimum absolute atomic E-state index is 0. The second kappa shape index (κ2) is 39.6. The molecule has 740 valence electrons. The Hall–Kier alpha value is -12.0. The molecule has 0 aliphatic carbocycles. The monoisotopic (exact) mass is 2670 g/mol. The first-order valence-corrected chi connectivity index (χ1v) is 50.2. The van der Waals surface area contributed by atoms with E-state index in [1.54, 1.807) is 22.7 Å². The van der Waals surface area contributed by atoms with Crippen molar-refractivity contribution in [1.82, 2.24) is 68.1 Å². The van der Waals surface area contributed by atoms with Crippen LogP contribution in [0.3, 0.4) is 0 Å². The number of aromatic nitrogens is 14. The molecule has 24 rings (SSSR count). The molecular formula is C124H112N16Pt4S2. The molecule has 0 saturated heterocycles. The number of para-hydroxylation sites is 2. The van der Waals surface area contributed by atoms with Gasteiger partial charge in [0.05, 0.1) is 22.8 Å². The summed E-state index contributed by atoms with van der Waals surface area (Å²) in [4.78, 5) is 60.5. The van der Waals surface area contributed by atoms with E-state index in [1.807, 2.05) is 85.7 Å². The number of imidazole rings is 4. The van der Waals surface area contributed by atoms with E-state index in [4.69, 9.17) is 49.9 Å². The zero-order valence-corrected chi connectivity index (χ0v) is 96.5. The van der Waals surface area contributed by atoms with Crippen LogP contribution in [-0.4, -0.2) is 79.5 Å². The van der Waals surface area contributed by atoms with Gasteiger partial charge in [0.15, 0.2) is 0 Å². The number of hydrogen-bond donors (Lipinski definition) is 0. The Bertz CT molecular complexity index is 7660. The fraction of sp³-hybridized carbons (Fsp3) is 0.258. The SMILES string of the molecule is CC1(C)C=C2N=C1C(C)(C)c1[c-]c(ccn1)-c1[c-]c(ncc1)C(C)(C)C1=NC2=CC1(C)C.CC1(C)c2[c-]c(ccc2)-c2[c-]c(ccc2)C(C)(C)c2nc(cs2)-c2csc1n2.CC1(C)c2[c-]c(cnc2)-c2[c-]c(cnc2)C(C)(C)c2nc(cn2-c2ccccc2)-c2cn(-c3ccccc3)c1n2.Cn1c2nc(c1-c1ccccc1)-c1nc(n(C)c1-c1ccccc1)C(C)(C)c1[c-]c(ccc1)-c1[c-]c(ccc1)C2(C)C.[Pt+2].[Pt+2].[Pt+2].[Pt+2]. The van der Waals surface area contributed by atoms with Crippen molar-refractivity contribution in [3.05, 3.63) is 417 Å². The van der Waals surface area contributed by atoms with E-state index in [2.05, 4.69) is 422 Å². The van der Waals surface area contributed by atoms with Crippen molar-refractivity contribution >= 4 is 34.1 Å². The summed E-state index contributed by atoms with van der Waals surface area (Å²) in [5.41, 5.74) is 28.0. The van der Waals surface area contributed by atoms with E-state index in [-0.39, 0.29) is 106 Å². The average molecular weight is 2670 g/mol. The van der Waals surface area contributed by atoms with E-state index in [9.17, 15) is 0 Å². The van der Waals surface area contributed by atoms with E-state index < -0.39 is 32.5 Å². The first kappa shape index (κ1) is 105. The summed E-state index contributed by atoms with van der Waals surface area (Å²) in [6, 6.07) is 101. The van der Waals surface area contributed by atoms with E-state index in [0.29, 0.717) is 0 Å². The van der Waals surface area contributed by atoms with Crippen LogP contribution < -0.4 is 0 Å². The summed E-state index contributed by atoms with van der Waals surface area (Å²) >= 11 is 3.39. The predicted molar refractivity (Wildman–Crippen MR) is 572 cm³/mol. The Labute approximate surface area is 923 Å². The second-order valence-electron chi connectivity index (χ2n) is 43.2. The van der Waals surface area contributed by atoms with Crippen molar-refractivity contribution in [1.29, 1.82) is 0 Å². The third-order valence-corrected chi connectivity index (χ3v) is 31.6. The first-order valence-electron chi connectivity index (χ1n) is 48.5. The van der Waals surface area contributed by atoms with Crippen LogP contribution in [0.5, 0.6) is 0 Å². The maximum Gasteiger partial charge on any atom is 2.00 e. The molecule has 0 saturated carbocycles. The molecule has 146 heavy (non-hydrogen) atoms. The summed E-state index contributed by atoms with van der Waals surface area (Å²) in [5, 5.41) is 6.41. The van der Waals surface area contributed by atoms with Gasteiger partial charge in [-0.15, -0.1) is 80.3 Å². The van der Waals surface area contributed by atoms with Gasteiger partial charge in [-0.1, -0.05) is 260 Å². The van der Waals surface area contributed by atoms with Gasteiger partial charge in [0.25, 0.3) is 0 Å². The van der Waals surface area contributed by atoms with Gasteiger partial charge in [-0.2, -0.15) is 84.9 Å². The second-order valence-corrected chi connectivity index (χ2v) is 44.9. The summed E-state index contributed by atoms with van der Waals surface area (Å²) in [6.45, 7) is 44.1. The maximum atomic E-state index is 5.49. The van der Waals surface area contributed by atoms with Crippen molar-refractivity contribution < 1.29 is 84.3 Å². The molecule has 16 heterocycles. The van der Waals surface area contributed by atoms with Crippen LogP contribution in [0.25, 0.3) is 113 Å². The number of rotatable bonds is 4. The normalized spacial score (nSPS) is 16.6. The molecule has 0 amide bonds. The number of fused-ring (bicyclic) bond motifs is 38. The number of thiazole rings is 2. The zero-order valence-electron chi connectivity index (χ0n) is 85.8. The average Bonchev–Trinajstić information content (AvgIpc) is 1.57. The largest absolute Gasteiger partial charge is 2.00 e. The summed E-state index contributed by atoms with van der Waals surface area (Å²) in [5.74, 6) is 3.69. The minimum Gasteiger partial charge on any atom is -0.369 e. The van der Waals surface area contributed by atoms with Gasteiger partial charge in [-0.05, 0) is 60.2 Å². The van der Waals surface area contributed by atoms with E-state index >= 15 is 0 Å². The van der Waals surface area contributed by atoms with Gasteiger partial charge >= 0.3 is 84.3 Å². The molecule has 0 atom stereocenters.